The lowest BCUT2D eigenvalue weighted by molar-refractivity contribution is -0.116. The summed E-state index contributed by atoms with van der Waals surface area (Å²) < 4.78 is 10.8. The Kier molecular flexibility index (Phi) is 5.89. The third kappa shape index (κ3) is 4.31. The Hall–Kier alpha value is -2.31. The van der Waals surface area contributed by atoms with Gasteiger partial charge in [-0.2, -0.15) is 0 Å². The number of nitrogens with one attached hydrogen (secondary N) is 1. The molecule has 3 fully saturated rings. The molecule has 0 aromatic heterocycles. The molecule has 4 aliphatic heterocycles. The van der Waals surface area contributed by atoms with Gasteiger partial charge in [0.1, 0.15) is 0 Å². The van der Waals surface area contributed by atoms with Gasteiger partial charge in [-0.05, 0) is 80.8 Å². The van der Waals surface area contributed by atoms with E-state index in [4.69, 9.17) is 9.47 Å². The first kappa shape index (κ1) is 21.2. The van der Waals surface area contributed by atoms with Crippen LogP contribution in [0, 0.1) is 11.8 Å². The van der Waals surface area contributed by atoms with Gasteiger partial charge in [-0.25, -0.2) is 0 Å². The van der Waals surface area contributed by atoms with Crippen molar-refractivity contribution in [1.29, 1.82) is 0 Å². The first-order chi connectivity index (χ1) is 16.2. The third-order valence-corrected chi connectivity index (χ3v) is 8.28. The van der Waals surface area contributed by atoms with E-state index in [9.17, 15) is 4.79 Å². The van der Waals surface area contributed by atoms with Gasteiger partial charge in [0.15, 0.2) is 11.5 Å². The Morgan fingerprint density at radius 2 is 2.09 bits per heavy atom. The van der Waals surface area contributed by atoms with Crippen LogP contribution in [0.4, 0.5) is 0 Å². The number of ether oxygens (including phenoxy) is 2. The van der Waals surface area contributed by atoms with E-state index in [2.05, 4.69) is 21.2 Å². The molecular formula is C27H35N3O3. The predicted octanol–water partition coefficient (Wildman–Crippen LogP) is 3.44. The maximum absolute atomic E-state index is 12.4. The molecule has 6 rings (SSSR count). The fraction of sp³-hybridized carbons (Fsp3) is 0.593. The van der Waals surface area contributed by atoms with Crippen molar-refractivity contribution in [1.82, 2.24) is 15.1 Å². The molecule has 0 unspecified atom stereocenters. The molecule has 3 saturated heterocycles. The Bertz CT molecular complexity index is 958. The largest absolute Gasteiger partial charge is 0.454 e. The number of piperidine rings is 3. The molecule has 2 bridgehead atoms. The first-order valence-corrected chi connectivity index (χ1v) is 12.8. The standard InChI is InChI=1S/C27H35N3O3/c31-26(9-7-19-6-8-24-25(14-19)33-18-32-24)28-10-13-29-12-3-4-20-15-21-16-22(27(20)29)17-30-11-2-1-5-23(21)30/h6-9,14-15,21-23,27H,1-5,10-13,16-18H2,(H,28,31)/b9-7+/t21-,22+,23+,27+/m0/s1. The van der Waals surface area contributed by atoms with Crippen molar-refractivity contribution >= 4 is 12.0 Å². The van der Waals surface area contributed by atoms with E-state index in [1.807, 2.05) is 24.3 Å². The minimum Gasteiger partial charge on any atom is -0.454 e. The number of rotatable bonds is 5. The molecule has 4 atom stereocenters. The number of carbonyl (C=O) groups is 1. The highest BCUT2D eigenvalue weighted by Crippen LogP contribution is 2.44. The lowest BCUT2D eigenvalue weighted by Gasteiger charge is -2.54. The highest BCUT2D eigenvalue weighted by molar-refractivity contribution is 5.91. The van der Waals surface area contributed by atoms with Crippen LogP contribution in [0.5, 0.6) is 11.5 Å². The Morgan fingerprint density at radius 1 is 1.15 bits per heavy atom. The summed E-state index contributed by atoms with van der Waals surface area (Å²) in [5.41, 5.74) is 2.63. The van der Waals surface area contributed by atoms with Gasteiger partial charge in [0.25, 0.3) is 0 Å². The van der Waals surface area contributed by atoms with Gasteiger partial charge in [-0.3, -0.25) is 14.6 Å². The summed E-state index contributed by atoms with van der Waals surface area (Å²) in [5.74, 6) is 2.98. The van der Waals surface area contributed by atoms with Crippen molar-refractivity contribution in [2.45, 2.75) is 50.6 Å². The predicted molar refractivity (Wildman–Crippen MR) is 128 cm³/mol. The van der Waals surface area contributed by atoms with Crippen molar-refractivity contribution in [3.05, 3.63) is 41.5 Å². The summed E-state index contributed by atoms with van der Waals surface area (Å²) in [7, 11) is 0. The monoisotopic (exact) mass is 449 g/mol. The topological polar surface area (TPSA) is 54.0 Å². The van der Waals surface area contributed by atoms with Crippen LogP contribution in [-0.2, 0) is 4.79 Å². The fourth-order valence-corrected chi connectivity index (χ4v) is 6.91. The van der Waals surface area contributed by atoms with Gasteiger partial charge in [-0.1, -0.05) is 24.1 Å². The highest BCUT2D eigenvalue weighted by Gasteiger charge is 2.45. The van der Waals surface area contributed by atoms with E-state index in [0.29, 0.717) is 12.6 Å². The van der Waals surface area contributed by atoms with Crippen molar-refractivity contribution in [3.63, 3.8) is 0 Å². The van der Waals surface area contributed by atoms with Crippen LogP contribution in [0.2, 0.25) is 0 Å². The maximum atomic E-state index is 12.4. The van der Waals surface area contributed by atoms with Crippen LogP contribution in [0.25, 0.3) is 6.08 Å². The van der Waals surface area contributed by atoms with Gasteiger partial charge >= 0.3 is 0 Å². The molecular weight excluding hydrogens is 414 g/mol. The minimum atomic E-state index is -0.0435. The van der Waals surface area contributed by atoms with Gasteiger partial charge in [0.05, 0.1) is 0 Å². The molecule has 1 N–H and O–H groups in total. The average Bonchev–Trinajstić information content (AvgIpc) is 3.31. The van der Waals surface area contributed by atoms with E-state index in [1.165, 1.54) is 51.6 Å². The summed E-state index contributed by atoms with van der Waals surface area (Å²) in [6.07, 6.45) is 14.1. The van der Waals surface area contributed by atoms with Crippen molar-refractivity contribution in [3.8, 4) is 11.5 Å². The van der Waals surface area contributed by atoms with Crippen LogP contribution in [0.3, 0.4) is 0 Å². The van der Waals surface area contributed by atoms with Crippen LogP contribution in [-0.4, -0.2) is 67.3 Å². The number of carbonyl (C=O) groups excluding carboxylic acids is 1. The second-order valence-electron chi connectivity index (χ2n) is 10.3. The molecule has 5 aliphatic rings. The second-order valence-corrected chi connectivity index (χ2v) is 10.3. The van der Waals surface area contributed by atoms with Crippen LogP contribution in [0.1, 0.15) is 44.1 Å². The highest BCUT2D eigenvalue weighted by atomic mass is 16.7. The van der Waals surface area contributed by atoms with Crippen molar-refractivity contribution < 1.29 is 14.3 Å². The fourth-order valence-electron chi connectivity index (χ4n) is 6.91. The average molecular weight is 450 g/mol. The van der Waals surface area contributed by atoms with E-state index in [-0.39, 0.29) is 12.7 Å². The smallest absolute Gasteiger partial charge is 0.244 e. The number of fused-ring (bicyclic) bond motifs is 7. The van der Waals surface area contributed by atoms with Gasteiger partial charge < -0.3 is 14.8 Å². The summed E-state index contributed by atoms with van der Waals surface area (Å²) in [6, 6.07) is 7.11. The molecule has 6 heteroatoms. The molecule has 176 valence electrons. The Labute approximate surface area is 196 Å². The summed E-state index contributed by atoms with van der Waals surface area (Å²) in [4.78, 5) is 17.9. The summed E-state index contributed by atoms with van der Waals surface area (Å²) in [6.45, 7) is 5.59. The molecule has 1 amide bonds. The van der Waals surface area contributed by atoms with Crippen molar-refractivity contribution in [2.75, 3.05) is 39.5 Å². The van der Waals surface area contributed by atoms with Gasteiger partial charge in [0, 0.05) is 37.8 Å². The zero-order chi connectivity index (χ0) is 22.2. The Balaban J connectivity index is 1.05. The number of hydrogen-bond acceptors (Lipinski definition) is 5. The van der Waals surface area contributed by atoms with Gasteiger partial charge in [0.2, 0.25) is 12.7 Å². The lowest BCUT2D eigenvalue weighted by Crippen LogP contribution is -2.59. The molecule has 33 heavy (non-hydrogen) atoms. The molecule has 6 nitrogen and oxygen atoms in total. The molecule has 1 aromatic rings. The molecule has 0 spiro atoms. The van der Waals surface area contributed by atoms with E-state index in [0.717, 1.165) is 48.0 Å². The van der Waals surface area contributed by atoms with Crippen LogP contribution >= 0.6 is 0 Å². The number of likely N-dealkylation sites (tertiary alicyclic amines) is 1. The van der Waals surface area contributed by atoms with E-state index in [1.54, 1.807) is 11.6 Å². The second kappa shape index (κ2) is 9.15. The zero-order valence-corrected chi connectivity index (χ0v) is 19.4. The van der Waals surface area contributed by atoms with E-state index < -0.39 is 0 Å². The zero-order valence-electron chi connectivity index (χ0n) is 19.4. The minimum absolute atomic E-state index is 0.0435. The number of nitrogens with zero attached hydrogens (tertiary/aromatic N) is 2. The lowest BCUT2D eigenvalue weighted by atomic mass is 9.68. The Morgan fingerprint density at radius 3 is 3.06 bits per heavy atom. The number of hydrogen-bond donors (Lipinski definition) is 1. The summed E-state index contributed by atoms with van der Waals surface area (Å²) in [5, 5.41) is 3.10. The molecule has 1 aromatic carbocycles. The van der Waals surface area contributed by atoms with Crippen molar-refractivity contribution in [2.24, 2.45) is 11.8 Å². The SMILES string of the molecule is O=C(/C=C/c1ccc2c(c1)OCO2)NCCN1CCCC2=C[C@H]3C[C@H](CN4CCCC[C@H]34)[C@@H]21. The molecule has 1 aliphatic carbocycles. The molecule has 0 saturated carbocycles. The van der Waals surface area contributed by atoms with Crippen LogP contribution < -0.4 is 14.8 Å². The van der Waals surface area contributed by atoms with Crippen LogP contribution in [0.15, 0.2) is 35.9 Å². The maximum Gasteiger partial charge on any atom is 0.244 e. The third-order valence-electron chi connectivity index (χ3n) is 8.28. The van der Waals surface area contributed by atoms with E-state index >= 15 is 0 Å². The summed E-state index contributed by atoms with van der Waals surface area (Å²) >= 11 is 0. The normalized spacial score (nSPS) is 31.1. The first-order valence-electron chi connectivity index (χ1n) is 12.8. The number of benzene rings is 1. The molecule has 0 radical (unpaired) electrons. The number of amides is 1. The quantitative estimate of drug-likeness (QED) is 0.551. The van der Waals surface area contributed by atoms with Gasteiger partial charge in [-0.15, -0.1) is 0 Å². The molecule has 4 heterocycles.